The summed E-state index contributed by atoms with van der Waals surface area (Å²) < 4.78 is 5.72. The predicted molar refractivity (Wildman–Crippen MR) is 85.6 cm³/mol. The molecule has 2 fully saturated rings. The molecule has 2 bridgehead atoms. The maximum absolute atomic E-state index is 11.9. The van der Waals surface area contributed by atoms with E-state index >= 15 is 0 Å². The van der Waals surface area contributed by atoms with Gasteiger partial charge in [-0.2, -0.15) is 0 Å². The summed E-state index contributed by atoms with van der Waals surface area (Å²) in [7, 11) is 1.72. The Bertz CT molecular complexity index is 583. The maximum atomic E-state index is 11.9. The topological polar surface area (TPSA) is 29.5 Å². The monoisotopic (exact) mass is 288 g/mol. The van der Waals surface area contributed by atoms with Crippen LogP contribution in [0, 0.1) is 30.6 Å². The number of ether oxygens (including phenoxy) is 1. The standard InChI is InChI=1S/C19H28O2/c1-12-7-8-15(16(21-6)13(12)2)19(20)17(3,4)14-9-10-18(19,5)11-14/h7-8,14,20H,9-11H2,1-6H3. The van der Waals surface area contributed by atoms with Crippen molar-refractivity contribution in [1.82, 2.24) is 0 Å². The Balaban J connectivity index is 2.26. The third kappa shape index (κ3) is 1.57. The van der Waals surface area contributed by atoms with Gasteiger partial charge in [-0.1, -0.05) is 32.9 Å². The van der Waals surface area contributed by atoms with Crippen LogP contribution in [0.2, 0.25) is 0 Å². The van der Waals surface area contributed by atoms with E-state index in [0.29, 0.717) is 5.92 Å². The van der Waals surface area contributed by atoms with Gasteiger partial charge in [-0.05, 0) is 50.2 Å². The van der Waals surface area contributed by atoms with Crippen molar-refractivity contribution in [2.24, 2.45) is 16.7 Å². The zero-order valence-electron chi connectivity index (χ0n) is 14.2. The molecule has 0 aliphatic heterocycles. The van der Waals surface area contributed by atoms with E-state index in [1.165, 1.54) is 12.0 Å². The van der Waals surface area contributed by atoms with Crippen LogP contribution in [0.5, 0.6) is 5.75 Å². The first-order chi connectivity index (χ1) is 9.69. The van der Waals surface area contributed by atoms with Crippen LogP contribution in [0.15, 0.2) is 12.1 Å². The van der Waals surface area contributed by atoms with Gasteiger partial charge in [-0.15, -0.1) is 0 Å². The van der Waals surface area contributed by atoms with E-state index in [1.54, 1.807) is 7.11 Å². The second-order valence-corrected chi connectivity index (χ2v) is 8.02. The fraction of sp³-hybridized carbons (Fsp3) is 0.684. The molecule has 3 rings (SSSR count). The Hall–Kier alpha value is -1.02. The van der Waals surface area contributed by atoms with Crippen LogP contribution in [-0.4, -0.2) is 12.2 Å². The molecule has 0 spiro atoms. The minimum absolute atomic E-state index is 0.0455. The molecule has 1 aromatic carbocycles. The molecule has 1 N–H and O–H groups in total. The van der Waals surface area contributed by atoms with Gasteiger partial charge in [0, 0.05) is 16.4 Å². The van der Waals surface area contributed by atoms with Crippen molar-refractivity contribution in [2.75, 3.05) is 7.11 Å². The molecule has 2 heteroatoms. The molecule has 3 unspecified atom stereocenters. The van der Waals surface area contributed by atoms with Gasteiger partial charge in [0.2, 0.25) is 0 Å². The molecule has 0 radical (unpaired) electrons. The fourth-order valence-electron chi connectivity index (χ4n) is 5.27. The quantitative estimate of drug-likeness (QED) is 0.877. The molecule has 116 valence electrons. The summed E-state index contributed by atoms with van der Waals surface area (Å²) in [5.41, 5.74) is 2.37. The van der Waals surface area contributed by atoms with Crippen LogP contribution in [-0.2, 0) is 5.60 Å². The lowest BCUT2D eigenvalue weighted by atomic mass is 9.57. The second-order valence-electron chi connectivity index (χ2n) is 8.02. The number of methoxy groups -OCH3 is 1. The zero-order chi connectivity index (χ0) is 15.6. The van der Waals surface area contributed by atoms with Crippen LogP contribution in [0.1, 0.15) is 56.7 Å². The fourth-order valence-corrected chi connectivity index (χ4v) is 5.27. The first-order valence-corrected chi connectivity index (χ1v) is 8.06. The van der Waals surface area contributed by atoms with E-state index in [1.807, 2.05) is 0 Å². The van der Waals surface area contributed by atoms with Gasteiger partial charge in [0.05, 0.1) is 7.11 Å². The molecule has 3 atom stereocenters. The van der Waals surface area contributed by atoms with Gasteiger partial charge >= 0.3 is 0 Å². The van der Waals surface area contributed by atoms with E-state index in [4.69, 9.17) is 4.74 Å². The molecular formula is C19H28O2. The molecular weight excluding hydrogens is 260 g/mol. The summed E-state index contributed by atoms with van der Waals surface area (Å²) in [6, 6.07) is 4.21. The summed E-state index contributed by atoms with van der Waals surface area (Å²) in [6.07, 6.45) is 3.46. The number of rotatable bonds is 2. The largest absolute Gasteiger partial charge is 0.496 e. The van der Waals surface area contributed by atoms with Gasteiger partial charge in [0.15, 0.2) is 0 Å². The lowest BCUT2D eigenvalue weighted by molar-refractivity contribution is -0.151. The van der Waals surface area contributed by atoms with Crippen molar-refractivity contribution in [1.29, 1.82) is 0 Å². The summed E-state index contributed by atoms with van der Waals surface area (Å²) in [6.45, 7) is 10.9. The highest BCUT2D eigenvalue weighted by Gasteiger charge is 2.69. The summed E-state index contributed by atoms with van der Waals surface area (Å²) in [4.78, 5) is 0. The van der Waals surface area contributed by atoms with Crippen LogP contribution in [0.4, 0.5) is 0 Å². The van der Waals surface area contributed by atoms with Crippen molar-refractivity contribution in [2.45, 2.75) is 59.5 Å². The van der Waals surface area contributed by atoms with Crippen molar-refractivity contribution >= 4 is 0 Å². The molecule has 0 saturated heterocycles. The molecule has 0 amide bonds. The first kappa shape index (κ1) is 14.9. The number of benzene rings is 1. The van der Waals surface area contributed by atoms with E-state index < -0.39 is 5.60 Å². The highest BCUT2D eigenvalue weighted by molar-refractivity contribution is 5.50. The second kappa shape index (κ2) is 4.25. The Morgan fingerprint density at radius 2 is 1.86 bits per heavy atom. The third-order valence-electron chi connectivity index (χ3n) is 6.84. The number of aryl methyl sites for hydroxylation is 1. The minimum atomic E-state index is -0.813. The van der Waals surface area contributed by atoms with Crippen molar-refractivity contribution in [3.8, 4) is 5.75 Å². The lowest BCUT2D eigenvalue weighted by Crippen LogP contribution is -2.51. The summed E-state index contributed by atoms with van der Waals surface area (Å²) in [5.74, 6) is 1.47. The lowest BCUT2D eigenvalue weighted by Gasteiger charge is -2.51. The number of fused-ring (bicyclic) bond motifs is 2. The molecule has 2 nitrogen and oxygen atoms in total. The number of aliphatic hydroxyl groups is 1. The van der Waals surface area contributed by atoms with E-state index in [0.717, 1.165) is 29.7 Å². The Morgan fingerprint density at radius 1 is 1.19 bits per heavy atom. The van der Waals surface area contributed by atoms with Crippen molar-refractivity contribution in [3.63, 3.8) is 0 Å². The van der Waals surface area contributed by atoms with Crippen LogP contribution in [0.25, 0.3) is 0 Å². The summed E-state index contributed by atoms with van der Waals surface area (Å²) in [5, 5.41) is 11.9. The van der Waals surface area contributed by atoms with Gasteiger partial charge in [-0.25, -0.2) is 0 Å². The highest BCUT2D eigenvalue weighted by Crippen LogP contribution is 2.72. The van der Waals surface area contributed by atoms with Gasteiger partial charge in [0.25, 0.3) is 0 Å². The van der Waals surface area contributed by atoms with Gasteiger partial charge in [-0.3, -0.25) is 0 Å². The Kier molecular flexibility index (Phi) is 3.02. The van der Waals surface area contributed by atoms with E-state index in [2.05, 4.69) is 46.8 Å². The summed E-state index contributed by atoms with van der Waals surface area (Å²) >= 11 is 0. The molecule has 0 heterocycles. The van der Waals surface area contributed by atoms with Crippen molar-refractivity contribution < 1.29 is 9.84 Å². The van der Waals surface area contributed by atoms with Gasteiger partial charge in [0.1, 0.15) is 11.4 Å². The van der Waals surface area contributed by atoms with E-state index in [-0.39, 0.29) is 10.8 Å². The smallest absolute Gasteiger partial charge is 0.128 e. The molecule has 1 aromatic rings. The molecule has 2 aliphatic carbocycles. The molecule has 2 aliphatic rings. The normalized spacial score (nSPS) is 37.0. The highest BCUT2D eigenvalue weighted by atomic mass is 16.5. The first-order valence-electron chi connectivity index (χ1n) is 8.06. The minimum Gasteiger partial charge on any atom is -0.496 e. The van der Waals surface area contributed by atoms with Crippen molar-refractivity contribution in [3.05, 3.63) is 28.8 Å². The Labute approximate surface area is 128 Å². The molecule has 0 aromatic heterocycles. The maximum Gasteiger partial charge on any atom is 0.128 e. The average molecular weight is 288 g/mol. The molecule has 2 saturated carbocycles. The van der Waals surface area contributed by atoms with Gasteiger partial charge < -0.3 is 9.84 Å². The zero-order valence-corrected chi connectivity index (χ0v) is 14.2. The van der Waals surface area contributed by atoms with Crippen LogP contribution >= 0.6 is 0 Å². The number of hydrogen-bond acceptors (Lipinski definition) is 2. The van der Waals surface area contributed by atoms with Crippen LogP contribution < -0.4 is 4.74 Å². The SMILES string of the molecule is COc1c(C2(O)C3(C)CCC(C3)C2(C)C)ccc(C)c1C. The predicted octanol–water partition coefficient (Wildman–Crippen LogP) is 4.35. The third-order valence-corrected chi connectivity index (χ3v) is 6.84. The molecule has 21 heavy (non-hydrogen) atoms. The Morgan fingerprint density at radius 3 is 2.38 bits per heavy atom. The van der Waals surface area contributed by atoms with E-state index in [9.17, 15) is 5.11 Å². The average Bonchev–Trinajstić information content (AvgIpc) is 2.89. The number of hydrogen-bond donors (Lipinski definition) is 1. The van der Waals surface area contributed by atoms with Crippen LogP contribution in [0.3, 0.4) is 0 Å².